The van der Waals surface area contributed by atoms with Crippen molar-refractivity contribution < 1.29 is 0 Å². The third kappa shape index (κ3) is 4.04. The van der Waals surface area contributed by atoms with Crippen LogP contribution in [0.15, 0.2) is 120 Å². The second-order valence-electron chi connectivity index (χ2n) is 7.86. The summed E-state index contributed by atoms with van der Waals surface area (Å²) in [4.78, 5) is 3.51. The van der Waals surface area contributed by atoms with E-state index < -0.39 is 0 Å². The molecule has 0 N–H and O–H groups in total. The molecule has 1 aliphatic heterocycles. The van der Waals surface area contributed by atoms with Crippen LogP contribution in [0.5, 0.6) is 0 Å². The van der Waals surface area contributed by atoms with E-state index in [9.17, 15) is 0 Å². The summed E-state index contributed by atoms with van der Waals surface area (Å²) < 4.78 is 0. The van der Waals surface area contributed by atoms with Gasteiger partial charge in [-0.3, -0.25) is 0 Å². The third-order valence-electron chi connectivity index (χ3n) is 5.96. The molecule has 152 valence electrons. The minimum absolute atomic E-state index is 0.874. The molecular weight excluding hydrogens is 394 g/mol. The highest BCUT2D eigenvalue weighted by Gasteiger charge is 2.20. The van der Waals surface area contributed by atoms with Crippen LogP contribution < -0.4 is 4.90 Å². The van der Waals surface area contributed by atoms with Gasteiger partial charge in [-0.1, -0.05) is 97.1 Å². The Bertz CT molecular complexity index is 1200. The van der Waals surface area contributed by atoms with Crippen LogP contribution in [0.1, 0.15) is 17.5 Å². The number of rotatable bonds is 3. The summed E-state index contributed by atoms with van der Waals surface area (Å²) in [5, 5.41) is 0. The summed E-state index contributed by atoms with van der Waals surface area (Å²) in [5.41, 5.74) is 8.78. The van der Waals surface area contributed by atoms with Crippen molar-refractivity contribution in [3.8, 4) is 11.1 Å². The van der Waals surface area contributed by atoms with Crippen molar-refractivity contribution in [3.63, 3.8) is 0 Å². The van der Waals surface area contributed by atoms with E-state index in [2.05, 4.69) is 114 Å². The number of fused-ring (bicyclic) bond motifs is 1. The average Bonchev–Trinajstić information content (AvgIpc) is 3.19. The van der Waals surface area contributed by atoms with Crippen LogP contribution in [0.4, 0.5) is 5.69 Å². The van der Waals surface area contributed by atoms with E-state index >= 15 is 0 Å². The minimum atomic E-state index is 0.874. The van der Waals surface area contributed by atoms with Crippen LogP contribution in [0.25, 0.3) is 16.7 Å². The van der Waals surface area contributed by atoms with E-state index in [0.29, 0.717) is 0 Å². The Morgan fingerprint density at radius 1 is 0.742 bits per heavy atom. The number of thiol groups is 1. The number of nitrogens with zero attached hydrogens (tertiary/aromatic N) is 1. The van der Waals surface area contributed by atoms with Crippen LogP contribution in [-0.2, 0) is 6.42 Å². The Hall–Kier alpha value is -3.23. The van der Waals surface area contributed by atoms with Gasteiger partial charge in [-0.2, -0.15) is 0 Å². The first-order valence-electron chi connectivity index (χ1n) is 10.8. The minimum Gasteiger partial charge on any atom is -0.341 e. The Balaban J connectivity index is 1.50. The fraction of sp³-hybridized carbons (Fsp3) is 0.103. The summed E-state index contributed by atoms with van der Waals surface area (Å²) >= 11 is 4.99. The van der Waals surface area contributed by atoms with Crippen molar-refractivity contribution in [2.75, 3.05) is 11.4 Å². The van der Waals surface area contributed by atoms with Crippen molar-refractivity contribution in [3.05, 3.63) is 126 Å². The first-order chi connectivity index (χ1) is 15.3. The lowest BCUT2D eigenvalue weighted by Crippen LogP contribution is -2.22. The molecule has 1 heterocycles. The van der Waals surface area contributed by atoms with Crippen LogP contribution in [0.2, 0.25) is 0 Å². The summed E-state index contributed by atoms with van der Waals surface area (Å²) in [6.07, 6.45) is 15.3. The fourth-order valence-electron chi connectivity index (χ4n) is 4.34. The lowest BCUT2D eigenvalue weighted by atomic mass is 9.99. The molecule has 1 aliphatic carbocycles. The van der Waals surface area contributed by atoms with Crippen molar-refractivity contribution in [2.45, 2.75) is 17.7 Å². The van der Waals surface area contributed by atoms with Gasteiger partial charge in [0, 0.05) is 29.2 Å². The molecule has 0 fully saturated rings. The Labute approximate surface area is 190 Å². The van der Waals surface area contributed by atoms with Crippen LogP contribution in [0.3, 0.4) is 0 Å². The molecule has 0 unspecified atom stereocenters. The van der Waals surface area contributed by atoms with E-state index in [0.717, 1.165) is 24.3 Å². The van der Waals surface area contributed by atoms with E-state index in [1.165, 1.54) is 39.2 Å². The highest BCUT2D eigenvalue weighted by molar-refractivity contribution is 7.80. The largest absolute Gasteiger partial charge is 0.341 e. The van der Waals surface area contributed by atoms with Crippen molar-refractivity contribution in [1.29, 1.82) is 0 Å². The second kappa shape index (κ2) is 8.87. The van der Waals surface area contributed by atoms with E-state index in [1.807, 2.05) is 0 Å². The molecule has 0 atom stereocenters. The maximum atomic E-state index is 4.99. The predicted molar refractivity (Wildman–Crippen MR) is 136 cm³/mol. The SMILES string of the molecule is Sc1c(-c2ccccc2)ccc2c1CC=CCN2C1=CC=CC(c2ccccc2)=CC1. The zero-order valence-corrected chi connectivity index (χ0v) is 18.3. The quantitative estimate of drug-likeness (QED) is 0.340. The van der Waals surface area contributed by atoms with Gasteiger partial charge in [-0.25, -0.2) is 0 Å². The molecule has 0 spiro atoms. The highest BCUT2D eigenvalue weighted by atomic mass is 32.1. The van der Waals surface area contributed by atoms with Crippen LogP contribution in [0, 0.1) is 0 Å². The summed E-state index contributed by atoms with van der Waals surface area (Å²) in [7, 11) is 0. The first-order valence-corrected chi connectivity index (χ1v) is 11.2. The molecule has 2 heteroatoms. The highest BCUT2D eigenvalue weighted by Crippen LogP contribution is 2.38. The molecule has 0 aromatic heterocycles. The summed E-state index contributed by atoms with van der Waals surface area (Å²) in [5.74, 6) is 0. The van der Waals surface area contributed by atoms with Gasteiger partial charge in [-0.15, -0.1) is 12.6 Å². The molecule has 0 amide bonds. The lowest BCUT2D eigenvalue weighted by Gasteiger charge is -2.28. The molecule has 2 aliphatic rings. The molecule has 0 saturated carbocycles. The number of benzene rings is 3. The van der Waals surface area contributed by atoms with E-state index in [4.69, 9.17) is 12.6 Å². The smallest absolute Gasteiger partial charge is 0.0458 e. The first kappa shape index (κ1) is 19.7. The zero-order valence-electron chi connectivity index (χ0n) is 17.4. The maximum absolute atomic E-state index is 4.99. The van der Waals surface area contributed by atoms with E-state index in [1.54, 1.807) is 0 Å². The molecule has 0 saturated heterocycles. The predicted octanol–water partition coefficient (Wildman–Crippen LogP) is 7.49. The van der Waals surface area contributed by atoms with E-state index in [-0.39, 0.29) is 0 Å². The van der Waals surface area contributed by atoms with Crippen LogP contribution >= 0.6 is 12.6 Å². The Morgan fingerprint density at radius 3 is 2.26 bits per heavy atom. The molecule has 5 rings (SSSR count). The molecule has 0 bridgehead atoms. The summed E-state index contributed by atoms with van der Waals surface area (Å²) in [6, 6.07) is 25.6. The second-order valence-corrected chi connectivity index (χ2v) is 8.31. The van der Waals surface area contributed by atoms with Crippen molar-refractivity contribution in [1.82, 2.24) is 0 Å². The van der Waals surface area contributed by atoms with Gasteiger partial charge in [0.05, 0.1) is 0 Å². The number of allylic oxidation sites excluding steroid dienone is 6. The Morgan fingerprint density at radius 2 is 1.48 bits per heavy atom. The van der Waals surface area contributed by atoms with Gasteiger partial charge in [0.1, 0.15) is 0 Å². The van der Waals surface area contributed by atoms with Gasteiger partial charge in [-0.05, 0) is 46.4 Å². The Kier molecular flexibility index (Phi) is 5.64. The summed E-state index contributed by atoms with van der Waals surface area (Å²) in [6.45, 7) is 0.874. The molecule has 3 aromatic carbocycles. The fourth-order valence-corrected chi connectivity index (χ4v) is 4.75. The molecule has 0 radical (unpaired) electrons. The van der Waals surface area contributed by atoms with Gasteiger partial charge < -0.3 is 4.90 Å². The monoisotopic (exact) mass is 419 g/mol. The van der Waals surface area contributed by atoms with Crippen molar-refractivity contribution in [2.24, 2.45) is 0 Å². The lowest BCUT2D eigenvalue weighted by molar-refractivity contribution is 0.963. The van der Waals surface area contributed by atoms with Crippen LogP contribution in [-0.4, -0.2) is 6.54 Å². The normalized spacial score (nSPS) is 15.6. The topological polar surface area (TPSA) is 3.24 Å². The van der Waals surface area contributed by atoms with Gasteiger partial charge in [0.2, 0.25) is 0 Å². The zero-order chi connectivity index (χ0) is 21.0. The van der Waals surface area contributed by atoms with Gasteiger partial charge >= 0.3 is 0 Å². The molecule has 1 nitrogen and oxygen atoms in total. The third-order valence-corrected chi connectivity index (χ3v) is 6.47. The average molecular weight is 420 g/mol. The number of anilines is 1. The van der Waals surface area contributed by atoms with Crippen molar-refractivity contribution >= 4 is 23.9 Å². The number of hydrogen-bond acceptors (Lipinski definition) is 2. The van der Waals surface area contributed by atoms with Gasteiger partial charge in [0.25, 0.3) is 0 Å². The standard InChI is InChI=1S/C29H25NS/c31-29-26(24-12-5-2-6-13-24)19-20-28-27(29)16-7-8-21-30(28)25-15-9-14-23(17-18-25)22-10-3-1-4-11-22/h1-15,17,19-20,31H,16,18,21H2. The molecular formula is C29H25NS. The number of hydrogen-bond donors (Lipinski definition) is 1. The van der Waals surface area contributed by atoms with Gasteiger partial charge in [0.15, 0.2) is 0 Å². The maximum Gasteiger partial charge on any atom is 0.0458 e. The molecule has 31 heavy (non-hydrogen) atoms. The molecule has 3 aromatic rings.